The van der Waals surface area contributed by atoms with Crippen LogP contribution in [0.3, 0.4) is 0 Å². The quantitative estimate of drug-likeness (QED) is 0.653. The maximum atomic E-state index is 10.8. The van der Waals surface area contributed by atoms with Gasteiger partial charge in [-0.25, -0.2) is 0 Å². The molecule has 2 N–H and O–H groups in total. The number of aliphatic hydroxyl groups is 1. The smallest absolute Gasteiger partial charge is 0.325 e. The lowest BCUT2D eigenvalue weighted by atomic mass is 10.2. The summed E-state index contributed by atoms with van der Waals surface area (Å²) in [4.78, 5) is 8.88. The van der Waals surface area contributed by atoms with Gasteiger partial charge in [-0.15, -0.1) is 0 Å². The molecule has 1 rings (SSSR count). The van der Waals surface area contributed by atoms with E-state index in [0.29, 0.717) is 6.42 Å². The third-order valence-electron chi connectivity index (χ3n) is 1.96. The second-order valence-corrected chi connectivity index (χ2v) is 5.10. The predicted octanol–water partition coefficient (Wildman–Crippen LogP) is -0.0595. The largest absolute Gasteiger partial charge is 0.378 e. The molecule has 0 radical (unpaired) electrons. The van der Waals surface area contributed by atoms with Crippen LogP contribution < -0.4 is 0 Å². The first kappa shape index (κ1) is 12.1. The van der Waals surface area contributed by atoms with E-state index in [1.54, 1.807) is 0 Å². The van der Waals surface area contributed by atoms with Gasteiger partial charge in [-0.1, -0.05) is 0 Å². The molecular weight excluding hydrogens is 211 g/mol. The molecule has 1 aliphatic heterocycles. The van der Waals surface area contributed by atoms with Gasteiger partial charge in [0.1, 0.15) is 6.10 Å². The summed E-state index contributed by atoms with van der Waals surface area (Å²) >= 11 is 0. The number of hydrogen-bond acceptors (Lipinski definition) is 5. The van der Waals surface area contributed by atoms with Crippen molar-refractivity contribution in [3.8, 4) is 0 Å². The zero-order chi connectivity index (χ0) is 10.8. The Kier molecular flexibility index (Phi) is 4.06. The predicted molar refractivity (Wildman–Crippen MR) is 48.0 cm³/mol. The van der Waals surface area contributed by atoms with Crippen LogP contribution >= 0.6 is 7.60 Å². The van der Waals surface area contributed by atoms with E-state index in [4.69, 9.17) is 19.5 Å². The van der Waals surface area contributed by atoms with Gasteiger partial charge in [-0.3, -0.25) is 4.57 Å². The molecule has 0 aromatic heterocycles. The third-order valence-corrected chi connectivity index (χ3v) is 2.59. The van der Waals surface area contributed by atoms with Crippen LogP contribution in [0.1, 0.15) is 6.42 Å². The Hall–Kier alpha value is 0.0300. The first-order valence-corrected chi connectivity index (χ1v) is 6.26. The van der Waals surface area contributed by atoms with Crippen LogP contribution in [-0.2, 0) is 18.6 Å². The van der Waals surface area contributed by atoms with Gasteiger partial charge in [0.2, 0.25) is 0 Å². The molecule has 14 heavy (non-hydrogen) atoms. The molecule has 0 saturated carbocycles. The van der Waals surface area contributed by atoms with Gasteiger partial charge in [0, 0.05) is 20.2 Å². The molecule has 84 valence electrons. The van der Waals surface area contributed by atoms with Crippen molar-refractivity contribution in [1.82, 2.24) is 0 Å². The van der Waals surface area contributed by atoms with Crippen molar-refractivity contribution in [3.05, 3.63) is 0 Å². The second-order valence-electron chi connectivity index (χ2n) is 3.24. The zero-order valence-corrected chi connectivity index (χ0v) is 9.02. The first-order valence-electron chi connectivity index (χ1n) is 4.23. The van der Waals surface area contributed by atoms with E-state index in [2.05, 4.69) is 4.52 Å². The molecular formula is C7H15O6P. The molecule has 1 aliphatic rings. The molecule has 4 atom stereocenters. The Morgan fingerprint density at radius 3 is 2.79 bits per heavy atom. The average molecular weight is 226 g/mol. The van der Waals surface area contributed by atoms with Gasteiger partial charge < -0.3 is 24.0 Å². The van der Waals surface area contributed by atoms with Crippen LogP contribution in [0.4, 0.5) is 0 Å². The highest BCUT2D eigenvalue weighted by molar-refractivity contribution is 7.51. The maximum absolute atomic E-state index is 10.8. The molecule has 0 bridgehead atoms. The molecule has 0 spiro atoms. The normalized spacial score (nSPS) is 37.0. The summed E-state index contributed by atoms with van der Waals surface area (Å²) in [7, 11) is -2.00. The monoisotopic (exact) mass is 226 g/mol. The van der Waals surface area contributed by atoms with Gasteiger partial charge in [-0.2, -0.15) is 0 Å². The van der Waals surface area contributed by atoms with E-state index in [0.717, 1.165) is 6.66 Å². The molecule has 0 aromatic carbocycles. The molecule has 0 aromatic rings. The van der Waals surface area contributed by atoms with Gasteiger partial charge in [-0.05, 0) is 0 Å². The number of methoxy groups -OCH3 is 1. The van der Waals surface area contributed by atoms with E-state index in [9.17, 15) is 4.57 Å². The molecule has 1 fully saturated rings. The zero-order valence-electron chi connectivity index (χ0n) is 8.12. The summed E-state index contributed by atoms with van der Waals surface area (Å²) in [5.41, 5.74) is 0. The SMILES string of the molecule is CO[C@@H]1C[C@@H](O)OC1COP(C)(=O)O. The van der Waals surface area contributed by atoms with Gasteiger partial charge in [0.15, 0.2) is 6.29 Å². The molecule has 1 saturated heterocycles. The van der Waals surface area contributed by atoms with Gasteiger partial charge >= 0.3 is 7.60 Å². The minimum absolute atomic E-state index is 0.0557. The summed E-state index contributed by atoms with van der Waals surface area (Å²) in [6, 6.07) is 0. The summed E-state index contributed by atoms with van der Waals surface area (Å²) < 4.78 is 25.6. The molecule has 0 amide bonds. The van der Waals surface area contributed by atoms with Crippen molar-refractivity contribution in [2.45, 2.75) is 24.9 Å². The summed E-state index contributed by atoms with van der Waals surface area (Å²) in [6.45, 7) is 1.04. The summed E-state index contributed by atoms with van der Waals surface area (Å²) in [5.74, 6) is 0. The summed E-state index contributed by atoms with van der Waals surface area (Å²) in [6.07, 6.45) is -1.32. The maximum Gasteiger partial charge on any atom is 0.325 e. The third kappa shape index (κ3) is 3.65. The van der Waals surface area contributed by atoms with E-state index in [-0.39, 0.29) is 12.7 Å². The molecule has 6 nitrogen and oxygen atoms in total. The van der Waals surface area contributed by atoms with E-state index in [1.165, 1.54) is 7.11 Å². The van der Waals surface area contributed by atoms with Crippen molar-refractivity contribution in [2.75, 3.05) is 20.4 Å². The van der Waals surface area contributed by atoms with Crippen molar-refractivity contribution >= 4 is 7.60 Å². The highest BCUT2D eigenvalue weighted by atomic mass is 31.2. The van der Waals surface area contributed by atoms with Crippen molar-refractivity contribution in [1.29, 1.82) is 0 Å². The highest BCUT2D eigenvalue weighted by Crippen LogP contribution is 2.37. The average Bonchev–Trinajstić information content (AvgIpc) is 2.41. The van der Waals surface area contributed by atoms with Gasteiger partial charge in [0.05, 0.1) is 12.7 Å². The summed E-state index contributed by atoms with van der Waals surface area (Å²) in [5, 5.41) is 9.14. The lowest BCUT2D eigenvalue weighted by molar-refractivity contribution is -0.107. The Bertz CT molecular complexity index is 226. The Labute approximate surface area is 82.3 Å². The second kappa shape index (κ2) is 4.70. The lowest BCUT2D eigenvalue weighted by Crippen LogP contribution is -2.27. The Balaban J connectivity index is 2.40. The van der Waals surface area contributed by atoms with Crippen LogP contribution in [0.15, 0.2) is 0 Å². The van der Waals surface area contributed by atoms with Crippen LogP contribution in [0.25, 0.3) is 0 Å². The first-order chi connectivity index (χ1) is 6.42. The number of aliphatic hydroxyl groups excluding tert-OH is 1. The minimum atomic E-state index is -3.49. The van der Waals surface area contributed by atoms with Crippen molar-refractivity contribution in [2.24, 2.45) is 0 Å². The van der Waals surface area contributed by atoms with E-state index in [1.807, 2.05) is 0 Å². The number of ether oxygens (including phenoxy) is 2. The standard InChI is InChI=1S/C7H15O6P/c1-11-5-3-7(8)13-6(5)4-12-14(2,9)10/h5-8H,3-4H2,1-2H3,(H,9,10)/t5-,6?,7+/m1/s1. The molecule has 0 aliphatic carbocycles. The topological polar surface area (TPSA) is 85.2 Å². The minimum Gasteiger partial charge on any atom is -0.378 e. The molecule has 1 heterocycles. The lowest BCUT2D eigenvalue weighted by Gasteiger charge is -2.17. The van der Waals surface area contributed by atoms with Crippen LogP contribution in [0.5, 0.6) is 0 Å². The Morgan fingerprint density at radius 1 is 1.64 bits per heavy atom. The fourth-order valence-electron chi connectivity index (χ4n) is 1.30. The number of rotatable bonds is 4. The van der Waals surface area contributed by atoms with Gasteiger partial charge in [0.25, 0.3) is 0 Å². The van der Waals surface area contributed by atoms with Crippen molar-refractivity contribution in [3.63, 3.8) is 0 Å². The van der Waals surface area contributed by atoms with Crippen LogP contribution in [0.2, 0.25) is 0 Å². The number of hydrogen-bond donors (Lipinski definition) is 2. The van der Waals surface area contributed by atoms with Crippen molar-refractivity contribution < 1.29 is 28.6 Å². The molecule has 7 heteroatoms. The fraction of sp³-hybridized carbons (Fsp3) is 1.00. The fourth-order valence-corrected chi connectivity index (χ4v) is 1.73. The molecule has 2 unspecified atom stereocenters. The van der Waals surface area contributed by atoms with Crippen LogP contribution in [-0.4, -0.2) is 48.9 Å². The van der Waals surface area contributed by atoms with E-state index >= 15 is 0 Å². The van der Waals surface area contributed by atoms with E-state index < -0.39 is 20.0 Å². The highest BCUT2D eigenvalue weighted by Gasteiger charge is 2.35. The Morgan fingerprint density at radius 2 is 2.29 bits per heavy atom. The van der Waals surface area contributed by atoms with Crippen LogP contribution in [0, 0.1) is 0 Å².